The fraction of sp³-hybridized carbons (Fsp3) is 0.435. The van der Waals surface area contributed by atoms with Gasteiger partial charge in [-0.25, -0.2) is 0 Å². The van der Waals surface area contributed by atoms with Gasteiger partial charge in [0.1, 0.15) is 0 Å². The number of rotatable bonds is 10. The van der Waals surface area contributed by atoms with Gasteiger partial charge >= 0.3 is 5.97 Å². The number of methoxy groups -OCH3 is 2. The van der Waals surface area contributed by atoms with Crippen LogP contribution in [-0.2, 0) is 22.4 Å². The Morgan fingerprint density at radius 1 is 0.967 bits per heavy atom. The molecular weight excluding hydrogens is 388 g/mol. The molecule has 162 valence electrons. The van der Waals surface area contributed by atoms with E-state index in [0.717, 1.165) is 16.9 Å². The summed E-state index contributed by atoms with van der Waals surface area (Å²) in [6, 6.07) is 11.5. The zero-order chi connectivity index (χ0) is 21.5. The van der Waals surface area contributed by atoms with Crippen LogP contribution in [0.15, 0.2) is 36.4 Å². The van der Waals surface area contributed by atoms with Gasteiger partial charge in [0.05, 0.1) is 20.8 Å². The summed E-state index contributed by atoms with van der Waals surface area (Å²) in [5.74, 6) is 2.18. The van der Waals surface area contributed by atoms with E-state index in [1.807, 2.05) is 36.4 Å². The average Bonchev–Trinajstić information content (AvgIpc) is 3.22. The Labute approximate surface area is 176 Å². The number of hydrogen-bond acceptors (Lipinski definition) is 7. The van der Waals surface area contributed by atoms with Crippen molar-refractivity contribution in [2.75, 3.05) is 34.2 Å². The lowest BCUT2D eigenvalue weighted by Crippen LogP contribution is -2.28. The van der Waals surface area contributed by atoms with E-state index in [-0.39, 0.29) is 37.8 Å². The molecule has 7 heteroatoms. The van der Waals surface area contributed by atoms with Crippen LogP contribution in [0.5, 0.6) is 23.0 Å². The molecule has 30 heavy (non-hydrogen) atoms. The van der Waals surface area contributed by atoms with E-state index < -0.39 is 0 Å². The zero-order valence-electron chi connectivity index (χ0n) is 17.6. The molecule has 1 N–H and O–H groups in total. The number of carbonyl (C=O) groups is 1. The fourth-order valence-electron chi connectivity index (χ4n) is 3.65. The van der Waals surface area contributed by atoms with Crippen molar-refractivity contribution in [3.05, 3.63) is 47.5 Å². The van der Waals surface area contributed by atoms with Gasteiger partial charge in [0.15, 0.2) is 23.0 Å². The molecule has 2 atom stereocenters. The number of hydrogen-bond donors (Lipinski definition) is 1. The molecule has 0 saturated heterocycles. The van der Waals surface area contributed by atoms with Crippen molar-refractivity contribution in [2.45, 2.75) is 19.8 Å². The van der Waals surface area contributed by atoms with E-state index in [0.29, 0.717) is 30.1 Å². The van der Waals surface area contributed by atoms with Crippen LogP contribution < -0.4 is 18.9 Å². The number of benzene rings is 2. The van der Waals surface area contributed by atoms with Gasteiger partial charge in [-0.2, -0.15) is 0 Å². The molecule has 0 aromatic heterocycles. The Morgan fingerprint density at radius 2 is 1.63 bits per heavy atom. The smallest absolute Gasteiger partial charge is 0.302 e. The third kappa shape index (κ3) is 5.36. The third-order valence-electron chi connectivity index (χ3n) is 5.28. The second-order valence-electron chi connectivity index (χ2n) is 7.29. The number of esters is 1. The molecule has 7 nitrogen and oxygen atoms in total. The van der Waals surface area contributed by atoms with Gasteiger partial charge in [0.2, 0.25) is 6.79 Å². The standard InChI is InChI=1S/C23H28O7/c1-15(25)28-13-19(9-17-4-6-20(26-2)22(10-17)27-3)18(12-24)8-16-5-7-21-23(11-16)30-14-29-21/h4-7,10-11,18-19,24H,8-9,12-14H2,1-3H3/t18-,19-/m0/s1. The molecule has 0 bridgehead atoms. The Bertz CT molecular complexity index is 865. The quantitative estimate of drug-likeness (QED) is 0.596. The van der Waals surface area contributed by atoms with E-state index in [9.17, 15) is 9.90 Å². The highest BCUT2D eigenvalue weighted by molar-refractivity contribution is 5.65. The first kappa shape index (κ1) is 21.8. The number of ether oxygens (including phenoxy) is 5. The van der Waals surface area contributed by atoms with E-state index >= 15 is 0 Å². The maximum Gasteiger partial charge on any atom is 0.302 e. The van der Waals surface area contributed by atoms with Crippen molar-refractivity contribution in [1.29, 1.82) is 0 Å². The van der Waals surface area contributed by atoms with Crippen LogP contribution >= 0.6 is 0 Å². The van der Waals surface area contributed by atoms with Crippen molar-refractivity contribution in [3.8, 4) is 23.0 Å². The van der Waals surface area contributed by atoms with Gasteiger partial charge in [0.25, 0.3) is 0 Å². The summed E-state index contributed by atoms with van der Waals surface area (Å²) in [6.45, 7) is 1.79. The summed E-state index contributed by atoms with van der Waals surface area (Å²) in [5, 5.41) is 10.1. The zero-order valence-corrected chi connectivity index (χ0v) is 17.6. The third-order valence-corrected chi connectivity index (χ3v) is 5.28. The molecule has 0 amide bonds. The minimum atomic E-state index is -0.341. The summed E-state index contributed by atoms with van der Waals surface area (Å²) < 4.78 is 26.8. The number of aliphatic hydroxyl groups excluding tert-OH is 1. The predicted molar refractivity (Wildman–Crippen MR) is 110 cm³/mol. The largest absolute Gasteiger partial charge is 0.493 e. The van der Waals surface area contributed by atoms with Crippen LogP contribution in [0.3, 0.4) is 0 Å². The predicted octanol–water partition coefficient (Wildman–Crippen LogP) is 3.01. The molecule has 0 fully saturated rings. The minimum absolute atomic E-state index is 0.0341. The van der Waals surface area contributed by atoms with E-state index in [2.05, 4.69) is 0 Å². The van der Waals surface area contributed by atoms with Crippen LogP contribution in [0.2, 0.25) is 0 Å². The van der Waals surface area contributed by atoms with Crippen molar-refractivity contribution in [3.63, 3.8) is 0 Å². The highest BCUT2D eigenvalue weighted by atomic mass is 16.7. The van der Waals surface area contributed by atoms with Crippen LogP contribution in [0.4, 0.5) is 0 Å². The van der Waals surface area contributed by atoms with E-state index in [1.54, 1.807) is 14.2 Å². The monoisotopic (exact) mass is 416 g/mol. The Morgan fingerprint density at radius 3 is 2.33 bits per heavy atom. The Kier molecular flexibility index (Phi) is 7.41. The number of aliphatic hydroxyl groups is 1. The molecule has 0 saturated carbocycles. The number of fused-ring (bicyclic) bond motifs is 1. The second-order valence-corrected chi connectivity index (χ2v) is 7.29. The van der Waals surface area contributed by atoms with Gasteiger partial charge in [-0.1, -0.05) is 12.1 Å². The maximum atomic E-state index is 11.4. The molecule has 1 aliphatic heterocycles. The summed E-state index contributed by atoms with van der Waals surface area (Å²) >= 11 is 0. The summed E-state index contributed by atoms with van der Waals surface area (Å²) in [4.78, 5) is 11.4. The first-order chi connectivity index (χ1) is 14.5. The van der Waals surface area contributed by atoms with Gasteiger partial charge in [-0.05, 0) is 54.2 Å². The Hall–Kier alpha value is -2.93. The first-order valence-corrected chi connectivity index (χ1v) is 9.87. The van der Waals surface area contributed by atoms with E-state index in [4.69, 9.17) is 23.7 Å². The first-order valence-electron chi connectivity index (χ1n) is 9.87. The van der Waals surface area contributed by atoms with Gasteiger partial charge in [-0.15, -0.1) is 0 Å². The van der Waals surface area contributed by atoms with Crippen LogP contribution in [-0.4, -0.2) is 45.3 Å². The van der Waals surface area contributed by atoms with Gasteiger partial charge < -0.3 is 28.8 Å². The summed E-state index contributed by atoms with van der Waals surface area (Å²) in [7, 11) is 3.18. The van der Waals surface area contributed by atoms with E-state index in [1.165, 1.54) is 6.92 Å². The SMILES string of the molecule is COc1ccc(C[C@@H](COC(C)=O)[C@H](CO)Cc2ccc3c(c2)OCO3)cc1OC. The lowest BCUT2D eigenvalue weighted by atomic mass is 9.83. The summed E-state index contributed by atoms with van der Waals surface area (Å²) in [5.41, 5.74) is 2.03. The van der Waals surface area contributed by atoms with Crippen molar-refractivity contribution < 1.29 is 33.6 Å². The average molecular weight is 416 g/mol. The van der Waals surface area contributed by atoms with Crippen molar-refractivity contribution in [2.24, 2.45) is 11.8 Å². The second kappa shape index (κ2) is 10.2. The molecule has 1 heterocycles. The molecular formula is C23H28O7. The Balaban J connectivity index is 1.79. The summed E-state index contributed by atoms with van der Waals surface area (Å²) in [6.07, 6.45) is 1.23. The molecule has 0 unspecified atom stereocenters. The maximum absolute atomic E-state index is 11.4. The fourth-order valence-corrected chi connectivity index (χ4v) is 3.65. The highest BCUT2D eigenvalue weighted by Gasteiger charge is 2.25. The van der Waals surface area contributed by atoms with Crippen LogP contribution in [0, 0.1) is 11.8 Å². The van der Waals surface area contributed by atoms with Gasteiger partial charge in [-0.3, -0.25) is 4.79 Å². The normalized spacial score (nSPS) is 14.1. The topological polar surface area (TPSA) is 83.5 Å². The van der Waals surface area contributed by atoms with Crippen molar-refractivity contribution in [1.82, 2.24) is 0 Å². The molecule has 3 rings (SSSR count). The number of carbonyl (C=O) groups excluding carboxylic acids is 1. The minimum Gasteiger partial charge on any atom is -0.493 e. The molecule has 2 aromatic carbocycles. The van der Waals surface area contributed by atoms with Crippen molar-refractivity contribution >= 4 is 5.97 Å². The van der Waals surface area contributed by atoms with Gasteiger partial charge in [0, 0.05) is 19.4 Å². The van der Waals surface area contributed by atoms with Crippen LogP contribution in [0.25, 0.3) is 0 Å². The molecule has 0 spiro atoms. The molecule has 2 aromatic rings. The highest BCUT2D eigenvalue weighted by Crippen LogP contribution is 2.34. The lowest BCUT2D eigenvalue weighted by Gasteiger charge is -2.26. The lowest BCUT2D eigenvalue weighted by molar-refractivity contribution is -0.143. The van der Waals surface area contributed by atoms with Crippen LogP contribution in [0.1, 0.15) is 18.1 Å². The molecule has 0 radical (unpaired) electrons. The molecule has 0 aliphatic carbocycles. The molecule has 1 aliphatic rings.